The van der Waals surface area contributed by atoms with Gasteiger partial charge < -0.3 is 5.32 Å². The average molecular weight is 240 g/mol. The van der Waals surface area contributed by atoms with Crippen molar-refractivity contribution in [3.8, 4) is 6.07 Å². The number of hydrogen-bond donors (Lipinski definition) is 1. The Bertz CT molecular complexity index is 605. The maximum absolute atomic E-state index is 9.06. The minimum absolute atomic E-state index is 0.669. The molecule has 0 saturated carbocycles. The van der Waals surface area contributed by atoms with Gasteiger partial charge in [-0.15, -0.1) is 0 Å². The van der Waals surface area contributed by atoms with Crippen LogP contribution >= 0.6 is 0 Å². The summed E-state index contributed by atoms with van der Waals surface area (Å²) >= 11 is 0. The van der Waals surface area contributed by atoms with E-state index in [0.29, 0.717) is 12.1 Å². The van der Waals surface area contributed by atoms with Gasteiger partial charge in [0.25, 0.3) is 0 Å². The van der Waals surface area contributed by atoms with Gasteiger partial charge in [0.15, 0.2) is 0 Å². The van der Waals surface area contributed by atoms with E-state index in [1.807, 2.05) is 50.0 Å². The zero-order chi connectivity index (χ0) is 13.1. The molecule has 0 spiro atoms. The number of hydrogen-bond acceptors (Lipinski definition) is 3. The van der Waals surface area contributed by atoms with Crippen molar-refractivity contribution >= 4 is 5.69 Å². The lowest BCUT2D eigenvalue weighted by Crippen LogP contribution is -2.03. The predicted octanol–water partition coefficient (Wildman–Crippen LogP) is 2.52. The van der Waals surface area contributed by atoms with Crippen LogP contribution < -0.4 is 5.32 Å². The first kappa shape index (κ1) is 12.2. The summed E-state index contributed by atoms with van der Waals surface area (Å²) in [5.74, 6) is 0. The fourth-order valence-corrected chi connectivity index (χ4v) is 1.81. The van der Waals surface area contributed by atoms with E-state index in [1.165, 1.54) is 0 Å². The summed E-state index contributed by atoms with van der Waals surface area (Å²) < 4.78 is 1.85. The molecule has 0 fully saturated rings. The van der Waals surface area contributed by atoms with Gasteiger partial charge in [-0.2, -0.15) is 10.4 Å². The summed E-state index contributed by atoms with van der Waals surface area (Å²) in [6, 6.07) is 7.97. The Kier molecular flexibility index (Phi) is 3.33. The van der Waals surface area contributed by atoms with Crippen LogP contribution in [0.15, 0.2) is 24.4 Å². The molecule has 0 radical (unpaired) electrons. The van der Waals surface area contributed by atoms with Crippen LogP contribution in [-0.4, -0.2) is 9.78 Å². The molecule has 0 saturated heterocycles. The molecule has 18 heavy (non-hydrogen) atoms. The van der Waals surface area contributed by atoms with Crippen LogP contribution in [0.5, 0.6) is 0 Å². The molecule has 2 rings (SSSR count). The van der Waals surface area contributed by atoms with Gasteiger partial charge in [-0.25, -0.2) is 0 Å². The second-order valence-electron chi connectivity index (χ2n) is 4.39. The number of aryl methyl sites for hydroxylation is 2. The summed E-state index contributed by atoms with van der Waals surface area (Å²) in [6.45, 7) is 4.73. The van der Waals surface area contributed by atoms with E-state index in [2.05, 4.69) is 16.5 Å². The van der Waals surface area contributed by atoms with Crippen LogP contribution in [0.3, 0.4) is 0 Å². The summed E-state index contributed by atoms with van der Waals surface area (Å²) in [7, 11) is 1.92. The molecule has 1 aromatic carbocycles. The lowest BCUT2D eigenvalue weighted by atomic mass is 10.1. The molecule has 1 N–H and O–H groups in total. The Balaban J connectivity index is 2.18. The third kappa shape index (κ3) is 2.35. The summed E-state index contributed by atoms with van der Waals surface area (Å²) in [5, 5.41) is 16.6. The number of rotatable bonds is 3. The molecule has 0 atom stereocenters. The second kappa shape index (κ2) is 4.92. The highest BCUT2D eigenvalue weighted by Gasteiger charge is 2.05. The number of anilines is 1. The van der Waals surface area contributed by atoms with E-state index >= 15 is 0 Å². The molecule has 1 aromatic heterocycles. The highest BCUT2D eigenvalue weighted by atomic mass is 15.3. The predicted molar refractivity (Wildman–Crippen MR) is 71.2 cm³/mol. The first-order valence-electron chi connectivity index (χ1n) is 5.84. The average Bonchev–Trinajstić information content (AvgIpc) is 2.68. The zero-order valence-electron chi connectivity index (χ0n) is 10.9. The van der Waals surface area contributed by atoms with Gasteiger partial charge in [0, 0.05) is 24.8 Å². The van der Waals surface area contributed by atoms with Crippen LogP contribution in [0.1, 0.15) is 22.4 Å². The smallest absolute Gasteiger partial charge is 0.101 e. The molecule has 0 amide bonds. The largest absolute Gasteiger partial charge is 0.380 e. The third-order valence-corrected chi connectivity index (χ3v) is 3.10. The topological polar surface area (TPSA) is 53.6 Å². The highest BCUT2D eigenvalue weighted by molar-refractivity contribution is 5.59. The van der Waals surface area contributed by atoms with Crippen molar-refractivity contribution in [3.05, 3.63) is 46.8 Å². The van der Waals surface area contributed by atoms with E-state index in [9.17, 15) is 0 Å². The van der Waals surface area contributed by atoms with Gasteiger partial charge in [-0.05, 0) is 31.5 Å². The summed E-state index contributed by atoms with van der Waals surface area (Å²) in [5.41, 5.74) is 4.96. The monoisotopic (exact) mass is 240 g/mol. The third-order valence-electron chi connectivity index (χ3n) is 3.10. The Morgan fingerprint density at radius 1 is 1.39 bits per heavy atom. The summed E-state index contributed by atoms with van der Waals surface area (Å²) in [4.78, 5) is 0. The molecule has 0 aliphatic heterocycles. The van der Waals surface area contributed by atoms with Gasteiger partial charge in [-0.3, -0.25) is 4.68 Å². The molecule has 92 valence electrons. The van der Waals surface area contributed by atoms with E-state index in [1.54, 1.807) is 0 Å². The Hall–Kier alpha value is -2.28. The van der Waals surface area contributed by atoms with Crippen LogP contribution in [0.25, 0.3) is 0 Å². The Morgan fingerprint density at radius 2 is 2.17 bits per heavy atom. The van der Waals surface area contributed by atoms with Crippen LogP contribution in [-0.2, 0) is 13.6 Å². The Morgan fingerprint density at radius 3 is 2.78 bits per heavy atom. The van der Waals surface area contributed by atoms with Crippen molar-refractivity contribution in [1.82, 2.24) is 9.78 Å². The van der Waals surface area contributed by atoms with Gasteiger partial charge in [0.05, 0.1) is 17.4 Å². The minimum atomic E-state index is 0.669. The number of benzene rings is 1. The molecule has 0 bridgehead atoms. The van der Waals surface area contributed by atoms with Gasteiger partial charge in [0.2, 0.25) is 0 Å². The SMILES string of the molecule is Cc1ccc(C#N)c(NCc2cnn(C)c2C)c1. The molecule has 2 aromatic rings. The molecule has 1 heterocycles. The van der Waals surface area contributed by atoms with E-state index in [4.69, 9.17) is 5.26 Å². The van der Waals surface area contributed by atoms with E-state index in [0.717, 1.165) is 22.5 Å². The standard InChI is InChI=1S/C14H16N4/c1-10-4-5-12(7-15)14(6-10)16-8-13-9-17-18(3)11(13)2/h4-6,9,16H,8H2,1-3H3. The highest BCUT2D eigenvalue weighted by Crippen LogP contribution is 2.18. The van der Waals surface area contributed by atoms with Gasteiger partial charge >= 0.3 is 0 Å². The first-order valence-corrected chi connectivity index (χ1v) is 5.84. The zero-order valence-corrected chi connectivity index (χ0v) is 10.9. The van der Waals surface area contributed by atoms with Crippen molar-refractivity contribution in [2.24, 2.45) is 7.05 Å². The molecule has 0 aliphatic carbocycles. The molecule has 4 nitrogen and oxygen atoms in total. The number of nitrogens with zero attached hydrogens (tertiary/aromatic N) is 3. The number of nitriles is 1. The fourth-order valence-electron chi connectivity index (χ4n) is 1.81. The Labute approximate surface area is 107 Å². The first-order chi connectivity index (χ1) is 8.61. The normalized spacial score (nSPS) is 10.1. The molecular formula is C14H16N4. The molecule has 0 unspecified atom stereocenters. The fraction of sp³-hybridized carbons (Fsp3) is 0.286. The van der Waals surface area contributed by atoms with Crippen molar-refractivity contribution in [1.29, 1.82) is 5.26 Å². The lowest BCUT2D eigenvalue weighted by Gasteiger charge is -2.08. The maximum atomic E-state index is 9.06. The van der Waals surface area contributed by atoms with Crippen LogP contribution in [0.2, 0.25) is 0 Å². The number of nitrogens with one attached hydrogen (secondary N) is 1. The van der Waals surface area contributed by atoms with Gasteiger partial charge in [0.1, 0.15) is 6.07 Å². The quantitative estimate of drug-likeness (QED) is 0.896. The van der Waals surface area contributed by atoms with Crippen LogP contribution in [0.4, 0.5) is 5.69 Å². The maximum Gasteiger partial charge on any atom is 0.101 e. The molecular weight excluding hydrogens is 224 g/mol. The van der Waals surface area contributed by atoms with E-state index in [-0.39, 0.29) is 0 Å². The van der Waals surface area contributed by atoms with E-state index < -0.39 is 0 Å². The summed E-state index contributed by atoms with van der Waals surface area (Å²) in [6.07, 6.45) is 1.85. The van der Waals surface area contributed by atoms with Crippen LogP contribution in [0, 0.1) is 25.2 Å². The van der Waals surface area contributed by atoms with Crippen molar-refractivity contribution in [2.45, 2.75) is 20.4 Å². The van der Waals surface area contributed by atoms with Gasteiger partial charge in [-0.1, -0.05) is 6.07 Å². The molecule has 4 heteroatoms. The van der Waals surface area contributed by atoms with Crippen molar-refractivity contribution in [2.75, 3.05) is 5.32 Å². The molecule has 0 aliphatic rings. The number of aromatic nitrogens is 2. The lowest BCUT2D eigenvalue weighted by molar-refractivity contribution is 0.738. The van der Waals surface area contributed by atoms with Crippen molar-refractivity contribution < 1.29 is 0 Å². The minimum Gasteiger partial charge on any atom is -0.380 e. The van der Waals surface area contributed by atoms with Crippen molar-refractivity contribution in [3.63, 3.8) is 0 Å². The second-order valence-corrected chi connectivity index (χ2v) is 4.39.